The van der Waals surface area contributed by atoms with Crippen LogP contribution in [0, 0.1) is 5.92 Å². The zero-order valence-corrected chi connectivity index (χ0v) is 15.2. The van der Waals surface area contributed by atoms with Crippen LogP contribution >= 0.6 is 0 Å². The molecule has 3 unspecified atom stereocenters. The first-order valence-corrected chi connectivity index (χ1v) is 10.00. The molecular weight excluding hydrogens is 346 g/mol. The van der Waals surface area contributed by atoms with Crippen molar-refractivity contribution in [2.24, 2.45) is 5.92 Å². The van der Waals surface area contributed by atoms with Crippen molar-refractivity contribution < 1.29 is 27.8 Å². The van der Waals surface area contributed by atoms with E-state index < -0.39 is 28.0 Å². The zero-order valence-electron chi connectivity index (χ0n) is 14.3. The average molecular weight is 369 g/mol. The van der Waals surface area contributed by atoms with Gasteiger partial charge in [-0.3, -0.25) is 4.79 Å². The molecule has 25 heavy (non-hydrogen) atoms. The fourth-order valence-electron chi connectivity index (χ4n) is 3.89. The number of carboxylic acid groups (broad SMARTS) is 1. The summed E-state index contributed by atoms with van der Waals surface area (Å²) in [6.45, 7) is 4.49. The minimum Gasteiger partial charge on any atom is -0.490 e. The van der Waals surface area contributed by atoms with Crippen molar-refractivity contribution >= 4 is 16.0 Å². The highest BCUT2D eigenvalue weighted by molar-refractivity contribution is 7.89. The Kier molecular flexibility index (Phi) is 4.92. The molecule has 8 heteroatoms. The highest BCUT2D eigenvalue weighted by atomic mass is 32.2. The van der Waals surface area contributed by atoms with Crippen molar-refractivity contribution in [2.45, 2.75) is 50.1 Å². The summed E-state index contributed by atoms with van der Waals surface area (Å²) in [4.78, 5) is 11.5. The molecule has 2 bridgehead atoms. The molecule has 1 N–H and O–H groups in total. The van der Waals surface area contributed by atoms with Crippen LogP contribution in [0.25, 0.3) is 0 Å². The fourth-order valence-corrected chi connectivity index (χ4v) is 5.82. The Hall–Kier alpha value is -1.80. The minimum atomic E-state index is -3.78. The first-order valence-electron chi connectivity index (χ1n) is 8.56. The van der Waals surface area contributed by atoms with Gasteiger partial charge in [0, 0.05) is 18.2 Å². The number of carbonyl (C=O) groups is 1. The Bertz CT molecular complexity index is 762. The number of nitrogens with zero attached hydrogens (tertiary/aromatic N) is 1. The molecule has 7 nitrogen and oxygen atoms in total. The van der Waals surface area contributed by atoms with Crippen LogP contribution in [0.15, 0.2) is 23.1 Å². The molecule has 2 fully saturated rings. The SMILES string of the molecule is CCOc1ccc(S(=O)(=O)N2C3CCC2C(C(=O)O)C3)cc1OCC. The lowest BCUT2D eigenvalue weighted by molar-refractivity contribution is -0.142. The van der Waals surface area contributed by atoms with Crippen LogP contribution in [0.2, 0.25) is 0 Å². The number of hydrogen-bond acceptors (Lipinski definition) is 5. The summed E-state index contributed by atoms with van der Waals surface area (Å²) in [5.74, 6) is -0.667. The molecule has 0 aliphatic carbocycles. The molecular formula is C17H23NO6S. The van der Waals surface area contributed by atoms with E-state index in [1.807, 2.05) is 13.8 Å². The van der Waals surface area contributed by atoms with Crippen molar-refractivity contribution in [3.8, 4) is 11.5 Å². The highest BCUT2D eigenvalue weighted by Gasteiger charge is 2.54. The van der Waals surface area contributed by atoms with E-state index in [0.29, 0.717) is 44.0 Å². The van der Waals surface area contributed by atoms with Crippen LogP contribution in [-0.2, 0) is 14.8 Å². The summed E-state index contributed by atoms with van der Waals surface area (Å²) >= 11 is 0. The third-order valence-corrected chi connectivity index (χ3v) is 6.85. The lowest BCUT2D eigenvalue weighted by Gasteiger charge is -2.23. The van der Waals surface area contributed by atoms with Gasteiger partial charge in [-0.05, 0) is 45.2 Å². The largest absolute Gasteiger partial charge is 0.490 e. The molecule has 1 aromatic rings. The van der Waals surface area contributed by atoms with E-state index in [-0.39, 0.29) is 10.9 Å². The predicted molar refractivity (Wildman–Crippen MR) is 90.4 cm³/mol. The molecule has 2 heterocycles. The summed E-state index contributed by atoms with van der Waals surface area (Å²) in [7, 11) is -3.78. The number of aliphatic carboxylic acids is 1. The van der Waals surface area contributed by atoms with Gasteiger partial charge in [0.15, 0.2) is 11.5 Å². The Morgan fingerprint density at radius 2 is 1.88 bits per heavy atom. The van der Waals surface area contributed by atoms with Gasteiger partial charge in [0.05, 0.1) is 24.0 Å². The van der Waals surface area contributed by atoms with E-state index in [2.05, 4.69) is 0 Å². The fraction of sp³-hybridized carbons (Fsp3) is 0.588. The topological polar surface area (TPSA) is 93.1 Å². The van der Waals surface area contributed by atoms with E-state index in [1.165, 1.54) is 16.4 Å². The van der Waals surface area contributed by atoms with E-state index in [9.17, 15) is 18.3 Å². The Balaban J connectivity index is 1.95. The molecule has 2 aliphatic heterocycles. The number of sulfonamides is 1. The summed E-state index contributed by atoms with van der Waals surface area (Å²) in [5, 5.41) is 9.34. The second kappa shape index (κ2) is 6.84. The molecule has 3 atom stereocenters. The van der Waals surface area contributed by atoms with Crippen molar-refractivity contribution in [1.82, 2.24) is 4.31 Å². The van der Waals surface area contributed by atoms with Gasteiger partial charge in [0.2, 0.25) is 10.0 Å². The Morgan fingerprint density at radius 1 is 1.20 bits per heavy atom. The number of hydrogen-bond donors (Lipinski definition) is 1. The van der Waals surface area contributed by atoms with Crippen molar-refractivity contribution in [2.75, 3.05) is 13.2 Å². The summed E-state index contributed by atoms with van der Waals surface area (Å²) in [6, 6.07) is 3.86. The maximum atomic E-state index is 13.1. The Morgan fingerprint density at radius 3 is 2.48 bits per heavy atom. The molecule has 2 aliphatic rings. The van der Waals surface area contributed by atoms with Gasteiger partial charge in [-0.15, -0.1) is 0 Å². The van der Waals surface area contributed by atoms with Crippen LogP contribution in [-0.4, -0.2) is 49.1 Å². The van der Waals surface area contributed by atoms with E-state index in [4.69, 9.17) is 9.47 Å². The normalized spacial score (nSPS) is 25.9. The number of ether oxygens (including phenoxy) is 2. The van der Waals surface area contributed by atoms with Crippen LogP contribution in [0.1, 0.15) is 33.1 Å². The smallest absolute Gasteiger partial charge is 0.308 e. The number of fused-ring (bicyclic) bond motifs is 2. The third kappa shape index (κ3) is 3.08. The summed E-state index contributed by atoms with van der Waals surface area (Å²) in [5.41, 5.74) is 0. The van der Waals surface area contributed by atoms with Gasteiger partial charge in [0.1, 0.15) is 0 Å². The van der Waals surface area contributed by atoms with Crippen LogP contribution < -0.4 is 9.47 Å². The van der Waals surface area contributed by atoms with Gasteiger partial charge in [0.25, 0.3) is 0 Å². The molecule has 138 valence electrons. The molecule has 0 radical (unpaired) electrons. The maximum Gasteiger partial charge on any atom is 0.308 e. The molecule has 0 saturated carbocycles. The second-order valence-electron chi connectivity index (χ2n) is 6.29. The lowest BCUT2D eigenvalue weighted by atomic mass is 9.89. The summed E-state index contributed by atoms with van der Waals surface area (Å²) < 4.78 is 38.6. The molecule has 0 aromatic heterocycles. The third-order valence-electron chi connectivity index (χ3n) is 4.88. The van der Waals surface area contributed by atoms with Gasteiger partial charge < -0.3 is 14.6 Å². The quantitative estimate of drug-likeness (QED) is 0.791. The van der Waals surface area contributed by atoms with Crippen molar-refractivity contribution in [3.05, 3.63) is 18.2 Å². The van der Waals surface area contributed by atoms with Gasteiger partial charge in [-0.25, -0.2) is 8.42 Å². The average Bonchev–Trinajstić information content (AvgIpc) is 3.15. The van der Waals surface area contributed by atoms with Gasteiger partial charge >= 0.3 is 5.97 Å². The van der Waals surface area contributed by atoms with E-state index in [0.717, 1.165) is 0 Å². The van der Waals surface area contributed by atoms with Gasteiger partial charge in [-0.1, -0.05) is 0 Å². The molecule has 0 amide bonds. The highest BCUT2D eigenvalue weighted by Crippen LogP contribution is 2.45. The molecule has 1 aromatic carbocycles. The maximum absolute atomic E-state index is 13.1. The van der Waals surface area contributed by atoms with Crippen LogP contribution in [0.3, 0.4) is 0 Å². The number of benzene rings is 1. The van der Waals surface area contributed by atoms with E-state index in [1.54, 1.807) is 6.07 Å². The van der Waals surface area contributed by atoms with E-state index >= 15 is 0 Å². The second-order valence-corrected chi connectivity index (χ2v) is 8.13. The first kappa shape index (κ1) is 18.0. The first-order chi connectivity index (χ1) is 11.9. The minimum absolute atomic E-state index is 0.113. The monoisotopic (exact) mass is 369 g/mol. The number of rotatable bonds is 7. The van der Waals surface area contributed by atoms with Crippen LogP contribution in [0.4, 0.5) is 0 Å². The predicted octanol–water partition coefficient (Wildman–Crippen LogP) is 2.11. The Labute approximate surface area is 147 Å². The lowest BCUT2D eigenvalue weighted by Crippen LogP contribution is -2.37. The molecule has 0 spiro atoms. The number of carboxylic acids is 1. The molecule has 2 saturated heterocycles. The van der Waals surface area contributed by atoms with Gasteiger partial charge in [-0.2, -0.15) is 4.31 Å². The van der Waals surface area contributed by atoms with Crippen molar-refractivity contribution in [1.29, 1.82) is 0 Å². The summed E-state index contributed by atoms with van der Waals surface area (Å²) in [6.07, 6.45) is 1.69. The standard InChI is InChI=1S/C17H23NO6S/c1-3-23-15-8-6-12(10-16(15)24-4-2)25(21,22)18-11-5-7-14(18)13(9-11)17(19)20/h6,8,10-11,13-14H,3-5,7,9H2,1-2H3,(H,19,20). The molecule has 3 rings (SSSR count). The zero-order chi connectivity index (χ0) is 18.2. The van der Waals surface area contributed by atoms with Crippen molar-refractivity contribution in [3.63, 3.8) is 0 Å². The van der Waals surface area contributed by atoms with Crippen LogP contribution in [0.5, 0.6) is 11.5 Å².